The molecule has 4 N–H and O–H groups in total. The van der Waals surface area contributed by atoms with E-state index >= 15 is 0 Å². The van der Waals surface area contributed by atoms with Gasteiger partial charge in [0.05, 0.1) is 12.3 Å². The maximum atomic E-state index is 12.4. The van der Waals surface area contributed by atoms with E-state index in [1.165, 1.54) is 0 Å². The zero-order valence-corrected chi connectivity index (χ0v) is 15.0. The van der Waals surface area contributed by atoms with Gasteiger partial charge in [0, 0.05) is 30.4 Å². The SMILES string of the molecule is CCOCc1cc2cn(-c3ccc(CNCCCN)cc3)c(=O)nc2[nH]1. The van der Waals surface area contributed by atoms with Gasteiger partial charge in [0.2, 0.25) is 0 Å². The van der Waals surface area contributed by atoms with Gasteiger partial charge in [-0.1, -0.05) is 12.1 Å². The van der Waals surface area contributed by atoms with Crippen LogP contribution in [0.3, 0.4) is 0 Å². The maximum Gasteiger partial charge on any atom is 0.354 e. The van der Waals surface area contributed by atoms with Gasteiger partial charge in [-0.15, -0.1) is 0 Å². The molecule has 0 aliphatic heterocycles. The van der Waals surface area contributed by atoms with E-state index in [9.17, 15) is 4.79 Å². The number of nitrogens with zero attached hydrogens (tertiary/aromatic N) is 2. The maximum absolute atomic E-state index is 12.4. The zero-order chi connectivity index (χ0) is 18.4. The number of hydrogen-bond acceptors (Lipinski definition) is 5. The minimum absolute atomic E-state index is 0.309. The fourth-order valence-electron chi connectivity index (χ4n) is 2.76. The van der Waals surface area contributed by atoms with Gasteiger partial charge in [-0.25, -0.2) is 4.79 Å². The Hall–Kier alpha value is -2.48. The fraction of sp³-hybridized carbons (Fsp3) is 0.368. The molecule has 3 rings (SSSR count). The second-order valence-electron chi connectivity index (χ2n) is 6.11. The van der Waals surface area contributed by atoms with Crippen LogP contribution in [0.2, 0.25) is 0 Å². The third-order valence-corrected chi connectivity index (χ3v) is 4.13. The predicted octanol–water partition coefficient (Wildman–Crippen LogP) is 1.69. The Kier molecular flexibility index (Phi) is 6.17. The Morgan fingerprint density at radius 3 is 2.85 bits per heavy atom. The van der Waals surface area contributed by atoms with Crippen molar-refractivity contribution in [2.24, 2.45) is 5.73 Å². The van der Waals surface area contributed by atoms with Crippen molar-refractivity contribution in [2.75, 3.05) is 19.7 Å². The number of aromatic amines is 1. The number of hydrogen-bond donors (Lipinski definition) is 3. The molecular formula is C19H25N5O2. The molecule has 0 radical (unpaired) electrons. The second-order valence-corrected chi connectivity index (χ2v) is 6.11. The first-order valence-corrected chi connectivity index (χ1v) is 8.90. The standard InChI is InChI=1S/C19H25N5O2/c1-2-26-13-16-10-15-12-24(19(25)23-18(15)22-16)17-6-4-14(5-7-17)11-21-9-3-8-20/h4-7,10,12,21H,2-3,8-9,11,13,20H2,1H3,(H,22,23,25). The lowest BCUT2D eigenvalue weighted by atomic mass is 10.2. The molecular weight excluding hydrogens is 330 g/mol. The topological polar surface area (TPSA) is 98.0 Å². The summed E-state index contributed by atoms with van der Waals surface area (Å²) in [5.41, 5.74) is 8.62. The van der Waals surface area contributed by atoms with E-state index in [0.29, 0.717) is 25.4 Å². The van der Waals surface area contributed by atoms with Crippen molar-refractivity contribution in [3.63, 3.8) is 0 Å². The van der Waals surface area contributed by atoms with Crippen molar-refractivity contribution in [1.29, 1.82) is 0 Å². The smallest absolute Gasteiger partial charge is 0.354 e. The van der Waals surface area contributed by atoms with E-state index in [1.807, 2.05) is 43.5 Å². The first-order valence-electron chi connectivity index (χ1n) is 8.90. The van der Waals surface area contributed by atoms with Crippen LogP contribution >= 0.6 is 0 Å². The van der Waals surface area contributed by atoms with Crippen LogP contribution in [0.15, 0.2) is 41.3 Å². The highest BCUT2D eigenvalue weighted by atomic mass is 16.5. The first-order chi connectivity index (χ1) is 12.7. The lowest BCUT2D eigenvalue weighted by Crippen LogP contribution is -2.20. The minimum atomic E-state index is -0.309. The summed E-state index contributed by atoms with van der Waals surface area (Å²) in [5.74, 6) is 0. The van der Waals surface area contributed by atoms with Crippen LogP contribution in [0.25, 0.3) is 16.7 Å². The van der Waals surface area contributed by atoms with E-state index in [0.717, 1.165) is 41.8 Å². The molecule has 3 aromatic rings. The number of fused-ring (bicyclic) bond motifs is 1. The highest BCUT2D eigenvalue weighted by molar-refractivity contribution is 5.75. The van der Waals surface area contributed by atoms with Crippen molar-refractivity contribution in [3.05, 3.63) is 58.3 Å². The molecule has 26 heavy (non-hydrogen) atoms. The third kappa shape index (κ3) is 4.37. The molecule has 0 spiro atoms. The Bertz CT molecular complexity index is 898. The van der Waals surface area contributed by atoms with Crippen molar-refractivity contribution < 1.29 is 4.74 Å². The summed E-state index contributed by atoms with van der Waals surface area (Å²) < 4.78 is 6.96. The van der Waals surface area contributed by atoms with Gasteiger partial charge in [-0.05, 0) is 50.2 Å². The van der Waals surface area contributed by atoms with Gasteiger partial charge >= 0.3 is 5.69 Å². The summed E-state index contributed by atoms with van der Waals surface area (Å²) >= 11 is 0. The van der Waals surface area contributed by atoms with Gasteiger partial charge in [-0.2, -0.15) is 4.98 Å². The van der Waals surface area contributed by atoms with Crippen molar-refractivity contribution in [1.82, 2.24) is 19.9 Å². The van der Waals surface area contributed by atoms with Crippen molar-refractivity contribution >= 4 is 11.0 Å². The summed E-state index contributed by atoms with van der Waals surface area (Å²) in [6.07, 6.45) is 2.77. The molecule has 1 aromatic carbocycles. The number of benzene rings is 1. The van der Waals surface area contributed by atoms with Crippen LogP contribution in [-0.4, -0.2) is 34.2 Å². The molecule has 2 heterocycles. The second kappa shape index (κ2) is 8.75. The third-order valence-electron chi connectivity index (χ3n) is 4.13. The molecule has 0 saturated carbocycles. The number of nitrogens with two attached hydrogens (primary N) is 1. The number of aromatic nitrogens is 3. The molecule has 7 heteroatoms. The fourth-order valence-corrected chi connectivity index (χ4v) is 2.76. The lowest BCUT2D eigenvalue weighted by molar-refractivity contribution is 0.132. The van der Waals surface area contributed by atoms with E-state index in [4.69, 9.17) is 10.5 Å². The van der Waals surface area contributed by atoms with Gasteiger partial charge in [0.25, 0.3) is 0 Å². The Morgan fingerprint density at radius 1 is 1.31 bits per heavy atom. The molecule has 0 aliphatic carbocycles. The van der Waals surface area contributed by atoms with Crippen LogP contribution in [0.4, 0.5) is 0 Å². The van der Waals surface area contributed by atoms with E-state index in [1.54, 1.807) is 4.57 Å². The minimum Gasteiger partial charge on any atom is -0.376 e. The summed E-state index contributed by atoms with van der Waals surface area (Å²) in [6, 6.07) is 9.85. The number of ether oxygens (including phenoxy) is 1. The molecule has 0 saturated heterocycles. The molecule has 0 bridgehead atoms. The average molecular weight is 355 g/mol. The van der Waals surface area contributed by atoms with Gasteiger partial charge in [0.15, 0.2) is 0 Å². The Balaban J connectivity index is 1.78. The normalized spacial score (nSPS) is 11.3. The highest BCUT2D eigenvalue weighted by Crippen LogP contribution is 2.15. The van der Waals surface area contributed by atoms with Crippen LogP contribution in [0.1, 0.15) is 24.6 Å². The summed E-state index contributed by atoms with van der Waals surface area (Å²) in [6.45, 7) is 5.44. The quantitative estimate of drug-likeness (QED) is 0.508. The zero-order valence-electron chi connectivity index (χ0n) is 15.0. The van der Waals surface area contributed by atoms with Crippen LogP contribution < -0.4 is 16.7 Å². The molecule has 0 amide bonds. The van der Waals surface area contributed by atoms with E-state index < -0.39 is 0 Å². The van der Waals surface area contributed by atoms with Crippen LogP contribution in [-0.2, 0) is 17.9 Å². The molecule has 7 nitrogen and oxygen atoms in total. The van der Waals surface area contributed by atoms with E-state index in [-0.39, 0.29) is 5.69 Å². The van der Waals surface area contributed by atoms with E-state index in [2.05, 4.69) is 15.3 Å². The van der Waals surface area contributed by atoms with Gasteiger partial charge in [0.1, 0.15) is 5.65 Å². The van der Waals surface area contributed by atoms with Crippen molar-refractivity contribution in [3.8, 4) is 5.69 Å². The summed E-state index contributed by atoms with van der Waals surface area (Å²) in [5, 5.41) is 4.22. The molecule has 2 aromatic heterocycles. The first kappa shape index (κ1) is 18.3. The highest BCUT2D eigenvalue weighted by Gasteiger charge is 2.07. The number of H-pyrrole nitrogens is 1. The van der Waals surface area contributed by atoms with Gasteiger partial charge in [-0.3, -0.25) is 4.57 Å². The molecule has 138 valence electrons. The Morgan fingerprint density at radius 2 is 2.12 bits per heavy atom. The molecule has 0 unspecified atom stereocenters. The molecule has 0 fully saturated rings. The average Bonchev–Trinajstić information content (AvgIpc) is 3.05. The van der Waals surface area contributed by atoms with Crippen LogP contribution in [0, 0.1) is 0 Å². The van der Waals surface area contributed by atoms with Crippen LogP contribution in [0.5, 0.6) is 0 Å². The predicted molar refractivity (Wildman–Crippen MR) is 102 cm³/mol. The molecule has 0 atom stereocenters. The molecule has 0 aliphatic rings. The lowest BCUT2D eigenvalue weighted by Gasteiger charge is -2.07. The van der Waals surface area contributed by atoms with Crippen molar-refractivity contribution in [2.45, 2.75) is 26.5 Å². The summed E-state index contributed by atoms with van der Waals surface area (Å²) in [7, 11) is 0. The monoisotopic (exact) mass is 355 g/mol. The largest absolute Gasteiger partial charge is 0.376 e. The Labute approximate surface area is 152 Å². The summed E-state index contributed by atoms with van der Waals surface area (Å²) in [4.78, 5) is 19.6. The number of nitrogens with one attached hydrogen (secondary N) is 2. The number of rotatable bonds is 9. The van der Waals surface area contributed by atoms with Gasteiger partial charge < -0.3 is 20.8 Å².